The van der Waals surface area contributed by atoms with E-state index in [9.17, 15) is 8.42 Å². The first-order chi connectivity index (χ1) is 10.0. The Morgan fingerprint density at radius 2 is 1.76 bits per heavy atom. The minimum absolute atomic E-state index is 0.206. The molecule has 6 heteroatoms. The molecule has 0 unspecified atom stereocenters. The number of rotatable bonds is 5. The van der Waals surface area contributed by atoms with Crippen molar-refractivity contribution >= 4 is 21.4 Å². The Bertz CT molecular complexity index is 714. The third kappa shape index (κ3) is 3.20. The van der Waals surface area contributed by atoms with E-state index in [2.05, 4.69) is 5.73 Å². The lowest BCUT2D eigenvalue weighted by Crippen LogP contribution is -2.54. The van der Waals surface area contributed by atoms with Gasteiger partial charge in [0.05, 0.1) is 18.6 Å². The van der Waals surface area contributed by atoms with Crippen LogP contribution in [-0.2, 0) is 9.84 Å². The van der Waals surface area contributed by atoms with Crippen molar-refractivity contribution in [2.45, 2.75) is 10.1 Å². The van der Waals surface area contributed by atoms with Gasteiger partial charge >= 0.3 is 0 Å². The highest BCUT2D eigenvalue weighted by molar-refractivity contribution is 7.91. The highest BCUT2D eigenvalue weighted by atomic mass is 35.5. The fraction of sp³-hybridized carbons (Fsp3) is 0.200. The van der Waals surface area contributed by atoms with E-state index < -0.39 is 15.1 Å². The molecule has 21 heavy (non-hydrogen) atoms. The largest absolute Gasteiger partial charge is 0.497 e. The van der Waals surface area contributed by atoms with Crippen LogP contribution < -0.4 is 10.5 Å². The van der Waals surface area contributed by atoms with Crippen molar-refractivity contribution in [2.75, 3.05) is 13.7 Å². The quantitative estimate of drug-likeness (QED) is 0.914. The number of ether oxygens (including phenoxy) is 1. The van der Waals surface area contributed by atoms with Gasteiger partial charge in [0.15, 0.2) is 9.84 Å². The van der Waals surface area contributed by atoms with Crippen molar-refractivity contribution in [3.05, 3.63) is 59.1 Å². The topological polar surface area (TPSA) is 71.0 Å². The SMILES string of the molecule is COc1ccc(S(=O)(=O)[C@@H](C[NH3+])c2ccccc2Cl)cc1. The Hall–Kier alpha value is -1.56. The molecular weight excluding hydrogens is 310 g/mol. The van der Waals surface area contributed by atoms with Crippen LogP contribution in [0.3, 0.4) is 0 Å². The van der Waals surface area contributed by atoms with Gasteiger partial charge in [0.1, 0.15) is 11.0 Å². The summed E-state index contributed by atoms with van der Waals surface area (Å²) in [5.74, 6) is 0.609. The van der Waals surface area contributed by atoms with Crippen LogP contribution in [0.1, 0.15) is 10.8 Å². The molecule has 1 atom stereocenters. The van der Waals surface area contributed by atoms with Gasteiger partial charge in [-0.3, -0.25) is 0 Å². The van der Waals surface area contributed by atoms with E-state index in [4.69, 9.17) is 16.3 Å². The van der Waals surface area contributed by atoms with Gasteiger partial charge in [-0.25, -0.2) is 8.42 Å². The Labute approximate surface area is 129 Å². The standard InChI is InChI=1S/C15H16ClNO3S/c1-20-11-6-8-12(9-7-11)21(18,19)15(10-17)13-4-2-3-5-14(13)16/h2-9,15H,10,17H2,1H3/p+1/t15-/m0/s1. The van der Waals surface area contributed by atoms with E-state index in [1.165, 1.54) is 19.2 Å². The lowest BCUT2D eigenvalue weighted by atomic mass is 10.1. The van der Waals surface area contributed by atoms with Gasteiger partial charge in [-0.15, -0.1) is 0 Å². The van der Waals surface area contributed by atoms with Crippen molar-refractivity contribution < 1.29 is 18.9 Å². The van der Waals surface area contributed by atoms with Gasteiger partial charge in [0, 0.05) is 5.02 Å². The Kier molecular flexibility index (Phi) is 4.88. The van der Waals surface area contributed by atoms with Gasteiger partial charge in [-0.05, 0) is 35.9 Å². The van der Waals surface area contributed by atoms with E-state index in [0.717, 1.165) is 0 Å². The predicted molar refractivity (Wildman–Crippen MR) is 82.1 cm³/mol. The summed E-state index contributed by atoms with van der Waals surface area (Å²) in [6, 6.07) is 13.3. The summed E-state index contributed by atoms with van der Waals surface area (Å²) in [5.41, 5.74) is 4.34. The maximum atomic E-state index is 12.8. The molecule has 4 nitrogen and oxygen atoms in total. The van der Waals surface area contributed by atoms with Crippen molar-refractivity contribution in [1.82, 2.24) is 0 Å². The molecule has 0 aliphatic heterocycles. The minimum atomic E-state index is -3.55. The first-order valence-electron chi connectivity index (χ1n) is 6.42. The summed E-state index contributed by atoms with van der Waals surface area (Å²) in [6.45, 7) is 0.206. The summed E-state index contributed by atoms with van der Waals surface area (Å²) < 4.78 is 30.6. The molecule has 0 heterocycles. The lowest BCUT2D eigenvalue weighted by molar-refractivity contribution is -0.367. The summed E-state index contributed by atoms with van der Waals surface area (Å²) in [7, 11) is -2.02. The molecule has 112 valence electrons. The van der Waals surface area contributed by atoms with Crippen LogP contribution in [0, 0.1) is 0 Å². The highest BCUT2D eigenvalue weighted by Gasteiger charge is 2.31. The zero-order valence-corrected chi connectivity index (χ0v) is 13.2. The third-order valence-electron chi connectivity index (χ3n) is 3.28. The number of sulfone groups is 1. The Morgan fingerprint density at radius 1 is 1.14 bits per heavy atom. The number of methoxy groups -OCH3 is 1. The number of hydrogen-bond donors (Lipinski definition) is 1. The fourth-order valence-electron chi connectivity index (χ4n) is 2.14. The molecule has 0 aliphatic carbocycles. The zero-order valence-electron chi connectivity index (χ0n) is 11.6. The minimum Gasteiger partial charge on any atom is -0.497 e. The average molecular weight is 327 g/mol. The Morgan fingerprint density at radius 3 is 2.29 bits per heavy atom. The molecule has 0 aliphatic rings. The molecule has 0 aromatic heterocycles. The van der Waals surface area contributed by atoms with Crippen molar-refractivity contribution in [3.8, 4) is 5.75 Å². The monoisotopic (exact) mass is 326 g/mol. The second-order valence-corrected chi connectivity index (χ2v) is 7.06. The summed E-state index contributed by atoms with van der Waals surface area (Å²) in [4.78, 5) is 0.233. The molecule has 0 saturated heterocycles. The normalized spacial score (nSPS) is 12.9. The number of quaternary nitrogens is 1. The van der Waals surface area contributed by atoms with Crippen LogP contribution in [0.2, 0.25) is 5.02 Å². The predicted octanol–water partition coefficient (Wildman–Crippen LogP) is 2.11. The van der Waals surface area contributed by atoms with Crippen molar-refractivity contribution in [2.24, 2.45) is 0 Å². The fourth-order valence-corrected chi connectivity index (χ4v) is 4.17. The average Bonchev–Trinajstić information content (AvgIpc) is 2.50. The van der Waals surface area contributed by atoms with Crippen molar-refractivity contribution in [1.29, 1.82) is 0 Å². The first kappa shape index (κ1) is 15.8. The van der Waals surface area contributed by atoms with Crippen LogP contribution in [0.5, 0.6) is 5.75 Å². The van der Waals surface area contributed by atoms with Gasteiger partial charge in [-0.1, -0.05) is 29.8 Å². The first-order valence-corrected chi connectivity index (χ1v) is 8.34. The van der Waals surface area contributed by atoms with Gasteiger partial charge in [0.25, 0.3) is 0 Å². The molecule has 2 rings (SSSR count). The molecule has 3 N–H and O–H groups in total. The highest BCUT2D eigenvalue weighted by Crippen LogP contribution is 2.32. The molecule has 0 radical (unpaired) electrons. The van der Waals surface area contributed by atoms with Crippen molar-refractivity contribution in [3.63, 3.8) is 0 Å². The van der Waals surface area contributed by atoms with Crippen LogP contribution in [-0.4, -0.2) is 22.1 Å². The molecule has 0 spiro atoms. The molecule has 0 bridgehead atoms. The van der Waals surface area contributed by atoms with Crippen LogP contribution in [0.4, 0.5) is 0 Å². The van der Waals surface area contributed by atoms with Gasteiger partial charge in [0.2, 0.25) is 0 Å². The van der Waals surface area contributed by atoms with Gasteiger partial charge < -0.3 is 10.5 Å². The molecule has 2 aromatic carbocycles. The maximum absolute atomic E-state index is 12.8. The number of halogens is 1. The van der Waals surface area contributed by atoms with Crippen LogP contribution >= 0.6 is 11.6 Å². The zero-order chi connectivity index (χ0) is 15.5. The molecule has 0 saturated carbocycles. The smallest absolute Gasteiger partial charge is 0.190 e. The molecule has 0 fully saturated rings. The lowest BCUT2D eigenvalue weighted by Gasteiger charge is -2.16. The third-order valence-corrected chi connectivity index (χ3v) is 5.79. The summed E-state index contributed by atoms with van der Waals surface area (Å²) in [6.07, 6.45) is 0. The maximum Gasteiger partial charge on any atom is 0.190 e. The summed E-state index contributed by atoms with van der Waals surface area (Å²) >= 11 is 6.13. The molecule has 2 aromatic rings. The van der Waals surface area contributed by atoms with E-state index in [-0.39, 0.29) is 11.4 Å². The number of benzene rings is 2. The number of hydrogen-bond acceptors (Lipinski definition) is 3. The van der Waals surface area contributed by atoms with E-state index in [0.29, 0.717) is 16.3 Å². The van der Waals surface area contributed by atoms with Gasteiger partial charge in [-0.2, -0.15) is 0 Å². The second kappa shape index (κ2) is 6.47. The van der Waals surface area contributed by atoms with E-state index >= 15 is 0 Å². The molecular formula is C15H17ClNO3S+. The van der Waals surface area contributed by atoms with E-state index in [1.54, 1.807) is 36.4 Å². The van der Waals surface area contributed by atoms with E-state index in [1.807, 2.05) is 0 Å². The molecule has 0 amide bonds. The van der Waals surface area contributed by atoms with Crippen LogP contribution in [0.15, 0.2) is 53.4 Å². The van der Waals surface area contributed by atoms with Crippen LogP contribution in [0.25, 0.3) is 0 Å². The Balaban J connectivity index is 2.47. The summed E-state index contributed by atoms with van der Waals surface area (Å²) in [5, 5.41) is -0.331. The second-order valence-electron chi connectivity index (χ2n) is 4.52.